The van der Waals surface area contributed by atoms with Gasteiger partial charge in [0.05, 0.1) is 6.61 Å². The monoisotopic (exact) mass is 486 g/mol. The van der Waals surface area contributed by atoms with E-state index in [-0.39, 0.29) is 17.9 Å². The lowest BCUT2D eigenvalue weighted by Crippen LogP contribution is -2.51. The second-order valence-electron chi connectivity index (χ2n) is 9.64. The summed E-state index contributed by atoms with van der Waals surface area (Å²) in [6, 6.07) is 25.2. The maximum absolute atomic E-state index is 13.6. The SMILES string of the molecule is Cc1ccc(CN(C(=O)CCCOc2ccc(C)cc2)C(Cc2ccccc2)C(=O)NC(C)C)cc1. The number of carbonyl (C=O) groups is 2. The van der Waals surface area contributed by atoms with Crippen molar-refractivity contribution in [3.05, 3.63) is 101 Å². The summed E-state index contributed by atoms with van der Waals surface area (Å²) in [5.74, 6) is 0.607. The standard InChI is InChI=1S/C31H38N2O3/c1-23(2)32-31(35)29(21-26-9-6-5-7-10-26)33(22-27-16-12-24(3)13-17-27)30(34)11-8-20-36-28-18-14-25(4)15-19-28/h5-7,9-10,12-19,23,29H,8,11,20-22H2,1-4H3,(H,32,35). The third-order valence-electron chi connectivity index (χ3n) is 6.00. The van der Waals surface area contributed by atoms with Gasteiger partial charge in [-0.25, -0.2) is 0 Å². The van der Waals surface area contributed by atoms with Crippen LogP contribution in [0.5, 0.6) is 5.75 Å². The Kier molecular flexibility index (Phi) is 10.1. The van der Waals surface area contributed by atoms with Crippen molar-refractivity contribution < 1.29 is 14.3 Å². The molecule has 0 aliphatic carbocycles. The summed E-state index contributed by atoms with van der Waals surface area (Å²) in [6.07, 6.45) is 1.33. The van der Waals surface area contributed by atoms with Gasteiger partial charge in [-0.2, -0.15) is 0 Å². The van der Waals surface area contributed by atoms with E-state index < -0.39 is 6.04 Å². The zero-order valence-electron chi connectivity index (χ0n) is 21.9. The Balaban J connectivity index is 1.77. The van der Waals surface area contributed by atoms with Crippen molar-refractivity contribution in [2.24, 2.45) is 0 Å². The molecule has 0 spiro atoms. The molecule has 2 amide bonds. The number of amides is 2. The molecule has 0 heterocycles. The lowest BCUT2D eigenvalue weighted by molar-refractivity contribution is -0.141. The van der Waals surface area contributed by atoms with E-state index in [0.717, 1.165) is 22.4 Å². The topological polar surface area (TPSA) is 58.6 Å². The van der Waals surface area contributed by atoms with E-state index in [1.165, 1.54) is 5.56 Å². The number of hydrogen-bond donors (Lipinski definition) is 1. The minimum Gasteiger partial charge on any atom is -0.494 e. The molecule has 0 saturated heterocycles. The van der Waals surface area contributed by atoms with E-state index in [2.05, 4.69) is 5.32 Å². The zero-order valence-corrected chi connectivity index (χ0v) is 21.9. The molecule has 190 valence electrons. The number of aryl methyl sites for hydroxylation is 2. The molecule has 3 rings (SSSR count). The van der Waals surface area contributed by atoms with Crippen LogP contribution >= 0.6 is 0 Å². The largest absolute Gasteiger partial charge is 0.494 e. The Morgan fingerprint density at radius 1 is 0.833 bits per heavy atom. The third-order valence-corrected chi connectivity index (χ3v) is 6.00. The molecule has 1 atom stereocenters. The van der Waals surface area contributed by atoms with Gasteiger partial charge in [0.15, 0.2) is 0 Å². The molecular weight excluding hydrogens is 448 g/mol. The Labute approximate surface area is 215 Å². The van der Waals surface area contributed by atoms with Crippen LogP contribution in [0.4, 0.5) is 0 Å². The molecule has 3 aromatic rings. The number of nitrogens with zero attached hydrogens (tertiary/aromatic N) is 1. The van der Waals surface area contributed by atoms with Crippen molar-refractivity contribution in [2.75, 3.05) is 6.61 Å². The maximum atomic E-state index is 13.6. The summed E-state index contributed by atoms with van der Waals surface area (Å²) in [7, 11) is 0. The lowest BCUT2D eigenvalue weighted by atomic mass is 10.0. The Hall–Kier alpha value is -3.60. The molecule has 0 saturated carbocycles. The van der Waals surface area contributed by atoms with Gasteiger partial charge >= 0.3 is 0 Å². The highest BCUT2D eigenvalue weighted by atomic mass is 16.5. The van der Waals surface area contributed by atoms with Gasteiger partial charge in [-0.05, 0) is 57.4 Å². The first-order valence-electron chi connectivity index (χ1n) is 12.7. The molecule has 1 N–H and O–H groups in total. The van der Waals surface area contributed by atoms with Gasteiger partial charge in [-0.15, -0.1) is 0 Å². The fourth-order valence-electron chi connectivity index (χ4n) is 4.02. The van der Waals surface area contributed by atoms with Crippen molar-refractivity contribution in [2.45, 2.75) is 65.6 Å². The first-order chi connectivity index (χ1) is 17.3. The summed E-state index contributed by atoms with van der Waals surface area (Å²) in [6.45, 7) is 8.76. The number of benzene rings is 3. The van der Waals surface area contributed by atoms with E-state index in [0.29, 0.717) is 32.4 Å². The number of ether oxygens (including phenoxy) is 1. The van der Waals surface area contributed by atoms with Gasteiger partial charge < -0.3 is 15.0 Å². The number of hydrogen-bond acceptors (Lipinski definition) is 3. The van der Waals surface area contributed by atoms with Crippen LogP contribution in [0.3, 0.4) is 0 Å². The molecule has 5 heteroatoms. The Bertz CT molecular complexity index is 1090. The van der Waals surface area contributed by atoms with Crippen LogP contribution in [0.15, 0.2) is 78.9 Å². The van der Waals surface area contributed by atoms with E-state index in [4.69, 9.17) is 4.74 Å². The Morgan fingerprint density at radius 3 is 2.06 bits per heavy atom. The predicted molar refractivity (Wildman–Crippen MR) is 145 cm³/mol. The normalized spacial score (nSPS) is 11.7. The van der Waals surface area contributed by atoms with Crippen molar-refractivity contribution in [1.82, 2.24) is 10.2 Å². The van der Waals surface area contributed by atoms with Crippen LogP contribution in [-0.2, 0) is 22.6 Å². The highest BCUT2D eigenvalue weighted by Crippen LogP contribution is 2.18. The lowest BCUT2D eigenvalue weighted by Gasteiger charge is -2.32. The molecule has 3 aromatic carbocycles. The molecule has 1 unspecified atom stereocenters. The molecule has 0 bridgehead atoms. The van der Waals surface area contributed by atoms with Gasteiger partial charge in [-0.1, -0.05) is 77.9 Å². The second-order valence-corrected chi connectivity index (χ2v) is 9.64. The van der Waals surface area contributed by atoms with Crippen LogP contribution in [0, 0.1) is 13.8 Å². The molecule has 0 aromatic heterocycles. The van der Waals surface area contributed by atoms with Crippen LogP contribution < -0.4 is 10.1 Å². The quantitative estimate of drug-likeness (QED) is 0.338. The van der Waals surface area contributed by atoms with Gasteiger partial charge in [0.25, 0.3) is 0 Å². The second kappa shape index (κ2) is 13.5. The van der Waals surface area contributed by atoms with Crippen LogP contribution in [0.25, 0.3) is 0 Å². The smallest absolute Gasteiger partial charge is 0.243 e. The van der Waals surface area contributed by atoms with Crippen molar-refractivity contribution in [1.29, 1.82) is 0 Å². The number of nitrogens with one attached hydrogen (secondary N) is 1. The summed E-state index contributed by atoms with van der Waals surface area (Å²) >= 11 is 0. The summed E-state index contributed by atoms with van der Waals surface area (Å²) < 4.78 is 5.83. The molecule has 0 aliphatic heterocycles. The fourth-order valence-corrected chi connectivity index (χ4v) is 4.02. The molecule has 36 heavy (non-hydrogen) atoms. The first-order valence-corrected chi connectivity index (χ1v) is 12.7. The highest BCUT2D eigenvalue weighted by Gasteiger charge is 2.30. The van der Waals surface area contributed by atoms with E-state index in [9.17, 15) is 9.59 Å². The third kappa shape index (κ3) is 8.56. The van der Waals surface area contributed by atoms with Crippen LogP contribution in [0.2, 0.25) is 0 Å². The van der Waals surface area contributed by atoms with E-state index >= 15 is 0 Å². The molecule has 0 fully saturated rings. The molecule has 5 nitrogen and oxygen atoms in total. The van der Waals surface area contributed by atoms with E-state index in [1.54, 1.807) is 4.90 Å². The highest BCUT2D eigenvalue weighted by molar-refractivity contribution is 5.88. The first kappa shape index (κ1) is 27.0. The minimum atomic E-state index is -0.610. The summed E-state index contributed by atoms with van der Waals surface area (Å²) in [5.41, 5.74) is 4.35. The van der Waals surface area contributed by atoms with Crippen LogP contribution in [0.1, 0.15) is 48.9 Å². The number of carbonyl (C=O) groups excluding carboxylic acids is 2. The summed E-state index contributed by atoms with van der Waals surface area (Å²) in [4.78, 5) is 28.7. The van der Waals surface area contributed by atoms with Crippen molar-refractivity contribution in [3.63, 3.8) is 0 Å². The Morgan fingerprint density at radius 2 is 1.44 bits per heavy atom. The van der Waals surface area contributed by atoms with Crippen LogP contribution in [-0.4, -0.2) is 35.4 Å². The molecule has 0 radical (unpaired) electrons. The average Bonchev–Trinajstić information content (AvgIpc) is 2.86. The predicted octanol–water partition coefficient (Wildman–Crippen LogP) is 5.63. The maximum Gasteiger partial charge on any atom is 0.243 e. The molecule has 0 aliphatic rings. The van der Waals surface area contributed by atoms with Gasteiger partial charge in [0.1, 0.15) is 11.8 Å². The van der Waals surface area contributed by atoms with Gasteiger partial charge in [-0.3, -0.25) is 9.59 Å². The number of rotatable bonds is 12. The minimum absolute atomic E-state index is 0.0185. The zero-order chi connectivity index (χ0) is 25.9. The van der Waals surface area contributed by atoms with Crippen molar-refractivity contribution >= 4 is 11.8 Å². The average molecular weight is 487 g/mol. The molecular formula is C31H38N2O3. The fraction of sp³-hybridized carbons (Fsp3) is 0.355. The van der Waals surface area contributed by atoms with Crippen molar-refractivity contribution in [3.8, 4) is 5.75 Å². The van der Waals surface area contributed by atoms with E-state index in [1.807, 2.05) is 107 Å². The van der Waals surface area contributed by atoms with Gasteiger partial charge in [0.2, 0.25) is 11.8 Å². The summed E-state index contributed by atoms with van der Waals surface area (Å²) in [5, 5.41) is 3.03. The van der Waals surface area contributed by atoms with Gasteiger partial charge in [0, 0.05) is 25.4 Å².